The van der Waals surface area contributed by atoms with Crippen LogP contribution in [0.4, 0.5) is 0 Å². The van der Waals surface area contributed by atoms with Crippen molar-refractivity contribution in [3.63, 3.8) is 0 Å². The molecular formula is C16H26N4. The molecule has 0 saturated heterocycles. The first-order valence-corrected chi connectivity index (χ1v) is 7.53. The Hall–Kier alpha value is -1.55. The molecule has 0 spiro atoms. The molecule has 0 aliphatic heterocycles. The van der Waals surface area contributed by atoms with Crippen LogP contribution < -0.4 is 5.32 Å². The molecule has 2 heterocycles. The van der Waals surface area contributed by atoms with Crippen molar-refractivity contribution in [2.45, 2.75) is 52.7 Å². The van der Waals surface area contributed by atoms with Gasteiger partial charge in [0, 0.05) is 30.7 Å². The number of aromatic nitrogens is 3. The topological polar surface area (TPSA) is 34.8 Å². The Morgan fingerprint density at radius 3 is 2.65 bits per heavy atom. The van der Waals surface area contributed by atoms with Gasteiger partial charge in [0.05, 0.1) is 12.2 Å². The second-order valence-corrected chi connectivity index (χ2v) is 5.67. The molecule has 20 heavy (non-hydrogen) atoms. The Balaban J connectivity index is 1.98. The first-order valence-electron chi connectivity index (χ1n) is 7.53. The standard InChI is InChI=1S/C16H26N4/c1-5-8-17-14(4)15-6-9-19(11-15)12-16-7-10-20(18-16)13(2)3/h6-7,9-11,13-14,17H,5,8,12H2,1-4H3. The highest BCUT2D eigenvalue weighted by Crippen LogP contribution is 2.14. The van der Waals surface area contributed by atoms with Gasteiger partial charge < -0.3 is 9.88 Å². The largest absolute Gasteiger partial charge is 0.348 e. The van der Waals surface area contributed by atoms with E-state index in [4.69, 9.17) is 0 Å². The van der Waals surface area contributed by atoms with Crippen LogP contribution in [-0.2, 0) is 6.54 Å². The van der Waals surface area contributed by atoms with Gasteiger partial charge in [0.25, 0.3) is 0 Å². The molecular weight excluding hydrogens is 248 g/mol. The highest BCUT2D eigenvalue weighted by molar-refractivity contribution is 5.16. The molecule has 0 fully saturated rings. The maximum absolute atomic E-state index is 4.59. The zero-order valence-electron chi connectivity index (χ0n) is 13.0. The predicted octanol–water partition coefficient (Wildman–Crippen LogP) is 3.37. The Bertz CT molecular complexity index is 524. The molecule has 0 aromatic carbocycles. The third kappa shape index (κ3) is 3.73. The third-order valence-electron chi connectivity index (χ3n) is 3.51. The molecule has 4 nitrogen and oxygen atoms in total. The van der Waals surface area contributed by atoms with E-state index in [1.54, 1.807) is 0 Å². The monoisotopic (exact) mass is 274 g/mol. The highest BCUT2D eigenvalue weighted by atomic mass is 15.3. The van der Waals surface area contributed by atoms with Crippen LogP contribution in [0, 0.1) is 0 Å². The Morgan fingerprint density at radius 1 is 1.20 bits per heavy atom. The summed E-state index contributed by atoms with van der Waals surface area (Å²) in [7, 11) is 0. The number of nitrogens with one attached hydrogen (secondary N) is 1. The minimum atomic E-state index is 0.407. The SMILES string of the molecule is CCCNC(C)c1ccn(Cc2ccn(C(C)C)n2)c1. The summed E-state index contributed by atoms with van der Waals surface area (Å²) in [6.07, 6.45) is 7.56. The Morgan fingerprint density at radius 2 is 2.00 bits per heavy atom. The lowest BCUT2D eigenvalue weighted by Gasteiger charge is -2.11. The highest BCUT2D eigenvalue weighted by Gasteiger charge is 2.07. The average molecular weight is 274 g/mol. The summed E-state index contributed by atoms with van der Waals surface area (Å²) in [6.45, 7) is 10.6. The summed E-state index contributed by atoms with van der Waals surface area (Å²) in [4.78, 5) is 0. The molecule has 0 amide bonds. The van der Waals surface area contributed by atoms with E-state index < -0.39 is 0 Å². The van der Waals surface area contributed by atoms with Crippen molar-refractivity contribution in [2.24, 2.45) is 0 Å². The fourth-order valence-corrected chi connectivity index (χ4v) is 2.23. The van der Waals surface area contributed by atoms with Crippen LogP contribution in [0.25, 0.3) is 0 Å². The van der Waals surface area contributed by atoms with Crippen LogP contribution in [0.2, 0.25) is 0 Å². The van der Waals surface area contributed by atoms with Crippen molar-refractivity contribution in [3.05, 3.63) is 42.0 Å². The molecule has 2 aromatic rings. The lowest BCUT2D eigenvalue weighted by Crippen LogP contribution is -2.18. The van der Waals surface area contributed by atoms with Crippen molar-refractivity contribution in [1.29, 1.82) is 0 Å². The summed E-state index contributed by atoms with van der Waals surface area (Å²) in [5, 5.41) is 8.10. The molecule has 0 radical (unpaired) electrons. The molecule has 4 heteroatoms. The van der Waals surface area contributed by atoms with E-state index in [1.165, 1.54) is 5.56 Å². The number of rotatable bonds is 7. The first-order chi connectivity index (χ1) is 9.60. The van der Waals surface area contributed by atoms with Crippen LogP contribution in [-0.4, -0.2) is 20.9 Å². The molecule has 0 saturated carbocycles. The lowest BCUT2D eigenvalue weighted by atomic mass is 10.2. The Labute approximate surface area is 121 Å². The molecule has 2 rings (SSSR count). The summed E-state index contributed by atoms with van der Waals surface area (Å²) >= 11 is 0. The second-order valence-electron chi connectivity index (χ2n) is 5.67. The smallest absolute Gasteiger partial charge is 0.0821 e. The summed E-state index contributed by atoms with van der Waals surface area (Å²) < 4.78 is 4.21. The zero-order valence-corrected chi connectivity index (χ0v) is 13.0. The number of hydrogen-bond donors (Lipinski definition) is 1. The van der Waals surface area contributed by atoms with Gasteiger partial charge in [-0.05, 0) is 51.4 Å². The molecule has 1 unspecified atom stereocenters. The molecule has 1 atom stereocenters. The molecule has 0 bridgehead atoms. The van der Waals surface area contributed by atoms with E-state index in [1.807, 2.05) is 4.68 Å². The summed E-state index contributed by atoms with van der Waals surface area (Å²) in [5.74, 6) is 0. The minimum absolute atomic E-state index is 0.407. The number of hydrogen-bond acceptors (Lipinski definition) is 2. The fourth-order valence-electron chi connectivity index (χ4n) is 2.23. The van der Waals surface area contributed by atoms with Gasteiger partial charge in [0.15, 0.2) is 0 Å². The van der Waals surface area contributed by atoms with Crippen LogP contribution in [0.1, 0.15) is 57.5 Å². The molecule has 0 aliphatic rings. The fraction of sp³-hybridized carbons (Fsp3) is 0.562. The van der Waals surface area contributed by atoms with E-state index in [2.05, 4.69) is 73.4 Å². The van der Waals surface area contributed by atoms with Gasteiger partial charge in [-0.1, -0.05) is 6.92 Å². The predicted molar refractivity (Wildman–Crippen MR) is 82.9 cm³/mol. The quantitative estimate of drug-likeness (QED) is 0.840. The van der Waals surface area contributed by atoms with Gasteiger partial charge >= 0.3 is 0 Å². The van der Waals surface area contributed by atoms with Gasteiger partial charge in [-0.2, -0.15) is 5.10 Å². The van der Waals surface area contributed by atoms with Crippen molar-refractivity contribution in [1.82, 2.24) is 19.7 Å². The van der Waals surface area contributed by atoms with Crippen molar-refractivity contribution in [3.8, 4) is 0 Å². The van der Waals surface area contributed by atoms with Gasteiger partial charge in [-0.25, -0.2) is 0 Å². The van der Waals surface area contributed by atoms with Gasteiger partial charge in [-0.3, -0.25) is 4.68 Å². The second kappa shape index (κ2) is 6.75. The van der Waals surface area contributed by atoms with Crippen LogP contribution in [0.15, 0.2) is 30.7 Å². The zero-order chi connectivity index (χ0) is 14.5. The van der Waals surface area contributed by atoms with E-state index in [0.717, 1.165) is 25.2 Å². The summed E-state index contributed by atoms with van der Waals surface area (Å²) in [6, 6.07) is 5.11. The normalized spacial score (nSPS) is 13.1. The number of nitrogens with zero attached hydrogens (tertiary/aromatic N) is 3. The van der Waals surface area contributed by atoms with Crippen molar-refractivity contribution < 1.29 is 0 Å². The van der Waals surface area contributed by atoms with Crippen molar-refractivity contribution in [2.75, 3.05) is 6.54 Å². The lowest BCUT2D eigenvalue weighted by molar-refractivity contribution is 0.523. The molecule has 0 aliphatic carbocycles. The molecule has 110 valence electrons. The maximum Gasteiger partial charge on any atom is 0.0821 e. The molecule has 2 aromatic heterocycles. The third-order valence-corrected chi connectivity index (χ3v) is 3.51. The maximum atomic E-state index is 4.59. The van der Waals surface area contributed by atoms with Crippen LogP contribution in [0.3, 0.4) is 0 Å². The van der Waals surface area contributed by atoms with Crippen LogP contribution in [0.5, 0.6) is 0 Å². The minimum Gasteiger partial charge on any atom is -0.348 e. The first kappa shape index (κ1) is 14.9. The van der Waals surface area contributed by atoms with E-state index >= 15 is 0 Å². The Kier molecular flexibility index (Phi) is 5.01. The van der Waals surface area contributed by atoms with E-state index in [0.29, 0.717) is 12.1 Å². The molecule has 1 N–H and O–H groups in total. The van der Waals surface area contributed by atoms with Crippen molar-refractivity contribution >= 4 is 0 Å². The summed E-state index contributed by atoms with van der Waals surface area (Å²) in [5.41, 5.74) is 2.44. The van der Waals surface area contributed by atoms with Gasteiger partial charge in [0.2, 0.25) is 0 Å². The average Bonchev–Trinajstić information content (AvgIpc) is 3.05. The van der Waals surface area contributed by atoms with Gasteiger partial charge in [-0.15, -0.1) is 0 Å². The van der Waals surface area contributed by atoms with E-state index in [-0.39, 0.29) is 0 Å². The van der Waals surface area contributed by atoms with Crippen LogP contribution >= 0.6 is 0 Å². The van der Waals surface area contributed by atoms with E-state index in [9.17, 15) is 0 Å². The van der Waals surface area contributed by atoms with Gasteiger partial charge in [0.1, 0.15) is 0 Å².